The van der Waals surface area contributed by atoms with Crippen LogP contribution in [0.3, 0.4) is 0 Å². The summed E-state index contributed by atoms with van der Waals surface area (Å²) in [6.45, 7) is 5.75. The van der Waals surface area contributed by atoms with E-state index in [2.05, 4.69) is 32.7 Å². The maximum Gasteiger partial charge on any atom is 0.319 e. The van der Waals surface area contributed by atoms with Gasteiger partial charge in [-0.15, -0.1) is 0 Å². The fourth-order valence-electron chi connectivity index (χ4n) is 4.49. The van der Waals surface area contributed by atoms with E-state index in [0.29, 0.717) is 37.1 Å². The quantitative estimate of drug-likeness (QED) is 0.408. The summed E-state index contributed by atoms with van der Waals surface area (Å²) >= 11 is 0. The highest BCUT2D eigenvalue weighted by molar-refractivity contribution is 5.92. The molecule has 1 fully saturated rings. The molecule has 9 nitrogen and oxygen atoms in total. The summed E-state index contributed by atoms with van der Waals surface area (Å²) in [5, 5.41) is 5.77. The van der Waals surface area contributed by atoms with Crippen molar-refractivity contribution in [3.05, 3.63) is 84.0 Å². The number of pyridine rings is 1. The Kier molecular flexibility index (Phi) is 6.71. The molecule has 36 heavy (non-hydrogen) atoms. The van der Waals surface area contributed by atoms with Gasteiger partial charge in [-0.3, -0.25) is 4.79 Å². The van der Waals surface area contributed by atoms with Crippen LogP contribution in [-0.4, -0.2) is 44.3 Å². The highest BCUT2D eigenvalue weighted by Gasteiger charge is 2.26. The Balaban J connectivity index is 1.10. The first kappa shape index (κ1) is 23.6. The molecule has 3 amide bonds. The molecule has 0 radical (unpaired) electrons. The lowest BCUT2D eigenvalue weighted by atomic mass is 9.89. The zero-order valence-electron chi connectivity index (χ0n) is 20.5. The van der Waals surface area contributed by atoms with Crippen molar-refractivity contribution in [1.29, 1.82) is 0 Å². The lowest BCUT2D eigenvalue weighted by molar-refractivity contribution is 0.0707. The molecule has 4 aromatic rings. The molecule has 0 spiro atoms. The Morgan fingerprint density at radius 1 is 1.11 bits per heavy atom. The Morgan fingerprint density at radius 3 is 2.61 bits per heavy atom. The molecular formula is C27H30N6O3. The fraction of sp³-hybridized carbons (Fsp3) is 0.333. The van der Waals surface area contributed by atoms with E-state index in [9.17, 15) is 9.59 Å². The van der Waals surface area contributed by atoms with E-state index in [0.717, 1.165) is 29.7 Å². The van der Waals surface area contributed by atoms with Gasteiger partial charge in [0.05, 0.1) is 0 Å². The highest BCUT2D eigenvalue weighted by Crippen LogP contribution is 2.29. The topological polar surface area (TPSA) is 105 Å². The van der Waals surface area contributed by atoms with Crippen LogP contribution < -0.4 is 10.6 Å². The number of hydrogen-bond donors (Lipinski definition) is 2. The first-order valence-electron chi connectivity index (χ1n) is 12.3. The van der Waals surface area contributed by atoms with Crippen molar-refractivity contribution in [2.24, 2.45) is 0 Å². The first-order chi connectivity index (χ1) is 17.5. The third kappa shape index (κ3) is 5.25. The second-order valence-electron chi connectivity index (χ2n) is 9.45. The van der Waals surface area contributed by atoms with Crippen molar-refractivity contribution in [3.8, 4) is 0 Å². The number of aromatic nitrogens is 3. The number of imidazole rings is 1. The van der Waals surface area contributed by atoms with Crippen LogP contribution in [-0.2, 0) is 6.54 Å². The molecule has 0 bridgehead atoms. The van der Waals surface area contributed by atoms with E-state index >= 15 is 0 Å². The van der Waals surface area contributed by atoms with Crippen LogP contribution in [0.1, 0.15) is 66.0 Å². The summed E-state index contributed by atoms with van der Waals surface area (Å²) in [5.41, 5.74) is 4.16. The fourth-order valence-corrected chi connectivity index (χ4v) is 4.49. The molecule has 1 aliphatic heterocycles. The summed E-state index contributed by atoms with van der Waals surface area (Å²) in [7, 11) is 0. The maximum atomic E-state index is 12.8. The molecule has 1 aliphatic rings. The van der Waals surface area contributed by atoms with Gasteiger partial charge in [-0.1, -0.05) is 26.0 Å². The molecule has 186 valence electrons. The van der Waals surface area contributed by atoms with Crippen LogP contribution in [0, 0.1) is 0 Å². The number of nitrogens with one attached hydrogen (secondary N) is 2. The Bertz CT molecular complexity index is 1350. The average Bonchev–Trinajstić information content (AvgIpc) is 3.57. The Labute approximate surface area is 209 Å². The largest absolute Gasteiger partial charge is 0.448 e. The van der Waals surface area contributed by atoms with Crippen molar-refractivity contribution in [3.63, 3.8) is 0 Å². The number of amides is 3. The van der Waals surface area contributed by atoms with Crippen LogP contribution in [0.25, 0.3) is 5.65 Å². The number of hydrogen-bond acceptors (Lipinski definition) is 5. The zero-order valence-corrected chi connectivity index (χ0v) is 20.5. The van der Waals surface area contributed by atoms with Gasteiger partial charge in [-0.2, -0.15) is 0 Å². The van der Waals surface area contributed by atoms with Crippen molar-refractivity contribution >= 4 is 23.3 Å². The number of likely N-dealkylation sites (tertiary alicyclic amines) is 1. The lowest BCUT2D eigenvalue weighted by Crippen LogP contribution is -2.38. The van der Waals surface area contributed by atoms with Crippen LogP contribution in [0.5, 0.6) is 0 Å². The van der Waals surface area contributed by atoms with Crippen molar-refractivity contribution in [1.82, 2.24) is 24.6 Å². The molecule has 2 N–H and O–H groups in total. The highest BCUT2D eigenvalue weighted by atomic mass is 16.3. The summed E-state index contributed by atoms with van der Waals surface area (Å²) in [5.74, 6) is 1.04. The monoisotopic (exact) mass is 486 g/mol. The molecule has 4 heterocycles. The number of oxazole rings is 1. The number of piperidine rings is 1. The van der Waals surface area contributed by atoms with Gasteiger partial charge >= 0.3 is 6.03 Å². The summed E-state index contributed by atoms with van der Waals surface area (Å²) in [6.07, 6.45) is 8.78. The van der Waals surface area contributed by atoms with Crippen LogP contribution in [0.4, 0.5) is 10.5 Å². The van der Waals surface area contributed by atoms with E-state index in [-0.39, 0.29) is 17.9 Å². The van der Waals surface area contributed by atoms with Crippen LogP contribution in [0.2, 0.25) is 0 Å². The van der Waals surface area contributed by atoms with E-state index in [4.69, 9.17) is 4.42 Å². The van der Waals surface area contributed by atoms with Gasteiger partial charge in [0.1, 0.15) is 11.9 Å². The summed E-state index contributed by atoms with van der Waals surface area (Å²) < 4.78 is 7.34. The Morgan fingerprint density at radius 2 is 1.89 bits per heavy atom. The normalized spacial score (nSPS) is 14.4. The first-order valence-corrected chi connectivity index (χ1v) is 12.3. The molecule has 0 atom stereocenters. The van der Waals surface area contributed by atoms with E-state index in [1.165, 1.54) is 11.8 Å². The van der Waals surface area contributed by atoms with E-state index in [1.807, 2.05) is 59.8 Å². The maximum absolute atomic E-state index is 12.8. The molecule has 0 unspecified atom stereocenters. The molecule has 1 saturated heterocycles. The third-order valence-electron chi connectivity index (χ3n) is 6.57. The number of urea groups is 1. The SMILES string of the molecule is CC(C)c1nc(C(=O)N2CCC(c3ccc(NC(=O)NCc4ccn5ccnc5c4)cc3)CC2)co1. The molecule has 9 heteroatoms. The van der Waals surface area contributed by atoms with Gasteiger partial charge in [0.15, 0.2) is 11.6 Å². The molecule has 0 saturated carbocycles. The average molecular weight is 487 g/mol. The zero-order chi connectivity index (χ0) is 25.1. The lowest BCUT2D eigenvalue weighted by Gasteiger charge is -2.31. The second-order valence-corrected chi connectivity index (χ2v) is 9.45. The van der Waals surface area contributed by atoms with Gasteiger partial charge in [0, 0.05) is 49.8 Å². The van der Waals surface area contributed by atoms with Gasteiger partial charge in [0.2, 0.25) is 0 Å². The number of carbonyl (C=O) groups is 2. The third-order valence-corrected chi connectivity index (χ3v) is 6.57. The minimum atomic E-state index is -0.258. The molecule has 1 aromatic carbocycles. The molecule has 5 rings (SSSR count). The number of rotatable bonds is 6. The summed E-state index contributed by atoms with van der Waals surface area (Å²) in [4.78, 5) is 35.6. The van der Waals surface area contributed by atoms with Gasteiger partial charge in [0.25, 0.3) is 5.91 Å². The predicted octanol–water partition coefficient (Wildman–Crippen LogP) is 4.79. The minimum absolute atomic E-state index is 0.0700. The van der Waals surface area contributed by atoms with Crippen molar-refractivity contribution in [2.75, 3.05) is 18.4 Å². The number of benzene rings is 1. The van der Waals surface area contributed by atoms with E-state index in [1.54, 1.807) is 6.20 Å². The van der Waals surface area contributed by atoms with E-state index < -0.39 is 0 Å². The second kappa shape index (κ2) is 10.2. The minimum Gasteiger partial charge on any atom is -0.448 e. The van der Waals surface area contributed by atoms with Gasteiger partial charge < -0.3 is 24.4 Å². The number of fused-ring (bicyclic) bond motifs is 1. The van der Waals surface area contributed by atoms with Crippen LogP contribution in [0.15, 0.2) is 65.7 Å². The molecule has 3 aromatic heterocycles. The predicted molar refractivity (Wildman–Crippen MR) is 136 cm³/mol. The number of carbonyl (C=O) groups excluding carboxylic acids is 2. The van der Waals surface area contributed by atoms with Gasteiger partial charge in [-0.25, -0.2) is 14.8 Å². The summed E-state index contributed by atoms with van der Waals surface area (Å²) in [6, 6.07) is 11.6. The van der Waals surface area contributed by atoms with Crippen molar-refractivity contribution < 1.29 is 14.0 Å². The molecular weight excluding hydrogens is 456 g/mol. The number of anilines is 1. The van der Waals surface area contributed by atoms with Crippen molar-refractivity contribution in [2.45, 2.75) is 45.1 Å². The molecule has 0 aliphatic carbocycles. The van der Waals surface area contributed by atoms with Crippen LogP contribution >= 0.6 is 0 Å². The van der Waals surface area contributed by atoms with Gasteiger partial charge in [-0.05, 0) is 54.2 Å². The number of nitrogens with zero attached hydrogens (tertiary/aromatic N) is 4. The standard InChI is InChI=1S/C27H30N6O3/c1-18(2)25-31-23(17-36-25)26(34)33-12-8-21(9-13-33)20-3-5-22(6-4-20)30-27(35)29-16-19-7-11-32-14-10-28-24(32)15-19/h3-7,10-11,14-15,17-18,21H,8-9,12-13,16H2,1-2H3,(H2,29,30,35). The smallest absolute Gasteiger partial charge is 0.319 e. The Hall–Kier alpha value is -4.14.